The lowest BCUT2D eigenvalue weighted by Crippen LogP contribution is -2.49. The molecule has 0 aliphatic carbocycles. The topological polar surface area (TPSA) is 62.2 Å². The molecule has 1 amide bonds. The molecule has 0 bridgehead atoms. The Morgan fingerprint density at radius 1 is 1.24 bits per heavy atom. The number of rotatable bonds is 4. The predicted molar refractivity (Wildman–Crippen MR) is 95.8 cm³/mol. The molecule has 2 fully saturated rings. The second-order valence-corrected chi connectivity index (χ2v) is 7.07. The third kappa shape index (κ3) is 3.32. The van der Waals surface area contributed by atoms with Crippen molar-refractivity contribution in [2.75, 3.05) is 13.1 Å². The minimum Gasteiger partial charge on any atom is -0.337 e. The molecular formula is C19H25N5O. The summed E-state index contributed by atoms with van der Waals surface area (Å²) in [6.07, 6.45) is 4.80. The molecule has 3 atom stereocenters. The van der Waals surface area contributed by atoms with Gasteiger partial charge in [0.05, 0.1) is 0 Å². The second-order valence-electron chi connectivity index (χ2n) is 7.07. The van der Waals surface area contributed by atoms with Crippen LogP contribution in [0.4, 0.5) is 0 Å². The van der Waals surface area contributed by atoms with Crippen molar-refractivity contribution in [1.29, 1.82) is 0 Å². The van der Waals surface area contributed by atoms with Crippen LogP contribution in [-0.2, 0) is 13.5 Å². The van der Waals surface area contributed by atoms with Crippen LogP contribution < -0.4 is 10.9 Å². The number of likely N-dealkylation sites (tertiary alicyclic amines) is 1. The third-order valence-corrected chi connectivity index (χ3v) is 5.54. The predicted octanol–water partition coefficient (Wildman–Crippen LogP) is 1.36. The zero-order valence-corrected chi connectivity index (χ0v) is 14.6. The SMILES string of the molecule is Cn1nccc1C(=O)N1CCC2NNC(CCc3ccccc3)C2C1. The highest BCUT2D eigenvalue weighted by Gasteiger charge is 2.40. The van der Waals surface area contributed by atoms with Gasteiger partial charge in [-0.3, -0.25) is 20.3 Å². The number of carbonyl (C=O) groups excluding carboxylic acids is 1. The number of hydrogen-bond donors (Lipinski definition) is 2. The van der Waals surface area contributed by atoms with E-state index in [-0.39, 0.29) is 5.91 Å². The van der Waals surface area contributed by atoms with E-state index in [2.05, 4.69) is 46.3 Å². The van der Waals surface area contributed by atoms with Crippen molar-refractivity contribution in [3.63, 3.8) is 0 Å². The van der Waals surface area contributed by atoms with E-state index in [0.717, 1.165) is 32.4 Å². The Labute approximate surface area is 148 Å². The van der Waals surface area contributed by atoms with Crippen LogP contribution in [0, 0.1) is 5.92 Å². The van der Waals surface area contributed by atoms with E-state index in [0.29, 0.717) is 23.7 Å². The molecule has 6 nitrogen and oxygen atoms in total. The number of hydrazine groups is 1. The minimum atomic E-state index is 0.0900. The average Bonchev–Trinajstić information content (AvgIpc) is 3.26. The zero-order chi connectivity index (χ0) is 17.2. The van der Waals surface area contributed by atoms with Crippen molar-refractivity contribution < 1.29 is 4.79 Å². The fourth-order valence-corrected chi connectivity index (χ4v) is 4.07. The first-order chi connectivity index (χ1) is 12.2. The van der Waals surface area contributed by atoms with Gasteiger partial charge in [-0.05, 0) is 30.9 Å². The van der Waals surface area contributed by atoms with Gasteiger partial charge in [0.25, 0.3) is 5.91 Å². The fraction of sp³-hybridized carbons (Fsp3) is 0.474. The van der Waals surface area contributed by atoms with Crippen molar-refractivity contribution in [2.24, 2.45) is 13.0 Å². The fourth-order valence-electron chi connectivity index (χ4n) is 4.07. The van der Waals surface area contributed by atoms with Crippen LogP contribution in [0.1, 0.15) is 28.9 Å². The molecule has 6 heteroatoms. The van der Waals surface area contributed by atoms with Gasteiger partial charge in [0.1, 0.15) is 5.69 Å². The molecule has 0 radical (unpaired) electrons. The molecule has 1 aromatic heterocycles. The molecule has 25 heavy (non-hydrogen) atoms. The Morgan fingerprint density at radius 2 is 2.08 bits per heavy atom. The lowest BCUT2D eigenvalue weighted by molar-refractivity contribution is 0.0640. The number of piperidine rings is 1. The van der Waals surface area contributed by atoms with Gasteiger partial charge in [-0.25, -0.2) is 0 Å². The summed E-state index contributed by atoms with van der Waals surface area (Å²) in [5.74, 6) is 0.543. The number of amides is 1. The zero-order valence-electron chi connectivity index (χ0n) is 14.6. The normalized spacial score (nSPS) is 25.8. The highest BCUT2D eigenvalue weighted by Crippen LogP contribution is 2.27. The Morgan fingerprint density at radius 3 is 2.84 bits per heavy atom. The van der Waals surface area contributed by atoms with Crippen molar-refractivity contribution in [3.05, 3.63) is 53.9 Å². The summed E-state index contributed by atoms with van der Waals surface area (Å²) in [6, 6.07) is 13.2. The molecule has 1 aromatic carbocycles. The molecule has 132 valence electrons. The van der Waals surface area contributed by atoms with Crippen molar-refractivity contribution >= 4 is 5.91 Å². The number of nitrogens with zero attached hydrogens (tertiary/aromatic N) is 3. The summed E-state index contributed by atoms with van der Waals surface area (Å²) >= 11 is 0. The Hall–Kier alpha value is -2.18. The molecule has 2 aliphatic rings. The summed E-state index contributed by atoms with van der Waals surface area (Å²) < 4.78 is 1.66. The molecule has 0 saturated carbocycles. The van der Waals surface area contributed by atoms with E-state index in [1.165, 1.54) is 5.56 Å². The number of hydrogen-bond acceptors (Lipinski definition) is 4. The monoisotopic (exact) mass is 339 g/mol. The van der Waals surface area contributed by atoms with E-state index in [1.807, 2.05) is 11.9 Å². The van der Waals surface area contributed by atoms with E-state index in [4.69, 9.17) is 0 Å². The number of nitrogens with one attached hydrogen (secondary N) is 2. The average molecular weight is 339 g/mol. The van der Waals surface area contributed by atoms with Gasteiger partial charge in [-0.15, -0.1) is 0 Å². The van der Waals surface area contributed by atoms with Gasteiger partial charge in [0.2, 0.25) is 0 Å². The van der Waals surface area contributed by atoms with Gasteiger partial charge in [0, 0.05) is 44.3 Å². The number of carbonyl (C=O) groups is 1. The molecule has 3 unspecified atom stereocenters. The molecule has 2 aliphatic heterocycles. The smallest absolute Gasteiger partial charge is 0.272 e. The summed E-state index contributed by atoms with van der Waals surface area (Å²) in [4.78, 5) is 14.8. The summed E-state index contributed by atoms with van der Waals surface area (Å²) in [6.45, 7) is 1.60. The molecule has 2 N–H and O–H groups in total. The maximum absolute atomic E-state index is 12.8. The lowest BCUT2D eigenvalue weighted by Gasteiger charge is -2.36. The first-order valence-electron chi connectivity index (χ1n) is 9.04. The largest absolute Gasteiger partial charge is 0.337 e. The highest BCUT2D eigenvalue weighted by atomic mass is 16.2. The van der Waals surface area contributed by atoms with Gasteiger partial charge < -0.3 is 4.90 Å². The van der Waals surface area contributed by atoms with Gasteiger partial charge in [-0.2, -0.15) is 5.10 Å². The van der Waals surface area contributed by atoms with Crippen LogP contribution in [0.5, 0.6) is 0 Å². The number of aryl methyl sites for hydroxylation is 2. The molecular weight excluding hydrogens is 314 g/mol. The van der Waals surface area contributed by atoms with Gasteiger partial charge >= 0.3 is 0 Å². The van der Waals surface area contributed by atoms with Gasteiger partial charge in [0.15, 0.2) is 0 Å². The van der Waals surface area contributed by atoms with E-state index >= 15 is 0 Å². The van der Waals surface area contributed by atoms with Crippen LogP contribution in [-0.4, -0.2) is 45.8 Å². The standard InChI is InChI=1S/C19H25N5O/c1-23-18(9-11-20-23)19(25)24-12-10-17-15(13-24)16(21-22-17)8-7-14-5-3-2-4-6-14/h2-6,9,11,15-17,21-22H,7-8,10,12-13H2,1H3. The quantitative estimate of drug-likeness (QED) is 0.883. The minimum absolute atomic E-state index is 0.0900. The number of fused-ring (bicyclic) bond motifs is 1. The Kier molecular flexibility index (Phi) is 4.55. The summed E-state index contributed by atoms with van der Waals surface area (Å²) in [7, 11) is 1.82. The van der Waals surface area contributed by atoms with Crippen molar-refractivity contribution in [3.8, 4) is 0 Å². The number of aromatic nitrogens is 2. The van der Waals surface area contributed by atoms with E-state index in [1.54, 1.807) is 16.9 Å². The third-order valence-electron chi connectivity index (χ3n) is 5.54. The summed E-state index contributed by atoms with van der Waals surface area (Å²) in [5.41, 5.74) is 8.95. The molecule has 2 aromatic rings. The Bertz CT molecular complexity index is 728. The lowest BCUT2D eigenvalue weighted by atomic mass is 9.85. The molecule has 2 saturated heterocycles. The summed E-state index contributed by atoms with van der Waals surface area (Å²) in [5, 5.41) is 4.12. The maximum Gasteiger partial charge on any atom is 0.272 e. The van der Waals surface area contributed by atoms with E-state index < -0.39 is 0 Å². The first kappa shape index (κ1) is 16.3. The molecule has 3 heterocycles. The van der Waals surface area contributed by atoms with Crippen molar-refractivity contribution in [1.82, 2.24) is 25.5 Å². The molecule has 0 spiro atoms. The van der Waals surface area contributed by atoms with Crippen LogP contribution in [0.2, 0.25) is 0 Å². The highest BCUT2D eigenvalue weighted by molar-refractivity contribution is 5.92. The maximum atomic E-state index is 12.8. The van der Waals surface area contributed by atoms with Crippen LogP contribution in [0.25, 0.3) is 0 Å². The number of benzene rings is 1. The molecule has 4 rings (SSSR count). The van der Waals surface area contributed by atoms with Crippen LogP contribution in [0.3, 0.4) is 0 Å². The first-order valence-corrected chi connectivity index (χ1v) is 9.04. The van der Waals surface area contributed by atoms with Crippen LogP contribution >= 0.6 is 0 Å². The van der Waals surface area contributed by atoms with Crippen LogP contribution in [0.15, 0.2) is 42.6 Å². The van der Waals surface area contributed by atoms with Gasteiger partial charge in [-0.1, -0.05) is 30.3 Å². The second kappa shape index (κ2) is 6.98. The van der Waals surface area contributed by atoms with E-state index in [9.17, 15) is 4.79 Å². The Balaban J connectivity index is 1.40. The van der Waals surface area contributed by atoms with Crippen molar-refractivity contribution in [2.45, 2.75) is 31.3 Å².